The molecule has 1 aromatic carbocycles. The number of halogens is 4. The van der Waals surface area contributed by atoms with Crippen LogP contribution >= 0.6 is 0 Å². The van der Waals surface area contributed by atoms with Crippen LogP contribution in [0.4, 0.5) is 29.2 Å². The number of hydrogen-bond donors (Lipinski definition) is 2. The van der Waals surface area contributed by atoms with Gasteiger partial charge in [0.2, 0.25) is 5.82 Å². The predicted octanol–water partition coefficient (Wildman–Crippen LogP) is 2.83. The molecule has 1 heterocycles. The summed E-state index contributed by atoms with van der Waals surface area (Å²) in [5, 5.41) is 2.68. The lowest BCUT2D eigenvalue weighted by molar-refractivity contribution is -0.144. The van der Waals surface area contributed by atoms with Gasteiger partial charge in [0.1, 0.15) is 17.5 Å². The van der Waals surface area contributed by atoms with E-state index in [1.54, 1.807) is 0 Å². The van der Waals surface area contributed by atoms with Gasteiger partial charge in [-0.05, 0) is 17.7 Å². The topological polar surface area (TPSA) is 63.8 Å². The smallest absolute Gasteiger partial charge is 0.384 e. The van der Waals surface area contributed by atoms with Crippen molar-refractivity contribution in [2.75, 3.05) is 11.1 Å². The molecule has 0 amide bonds. The third kappa shape index (κ3) is 3.56. The molecule has 106 valence electrons. The molecule has 0 atom stereocenters. The van der Waals surface area contributed by atoms with E-state index in [1.165, 1.54) is 30.3 Å². The van der Waals surface area contributed by atoms with Crippen molar-refractivity contribution in [1.29, 1.82) is 0 Å². The van der Waals surface area contributed by atoms with E-state index in [0.717, 1.165) is 0 Å². The summed E-state index contributed by atoms with van der Waals surface area (Å²) in [6, 6.07) is 6.73. The second kappa shape index (κ2) is 5.32. The van der Waals surface area contributed by atoms with Crippen LogP contribution in [0.1, 0.15) is 11.4 Å². The summed E-state index contributed by atoms with van der Waals surface area (Å²) in [6.45, 7) is 0.189. The molecule has 0 spiro atoms. The Morgan fingerprint density at radius 3 is 2.35 bits per heavy atom. The van der Waals surface area contributed by atoms with Gasteiger partial charge in [-0.15, -0.1) is 0 Å². The third-order valence-electron chi connectivity index (χ3n) is 2.39. The van der Waals surface area contributed by atoms with E-state index in [2.05, 4.69) is 15.3 Å². The van der Waals surface area contributed by atoms with Crippen LogP contribution in [-0.2, 0) is 12.7 Å². The molecule has 4 nitrogen and oxygen atoms in total. The maximum atomic E-state index is 12.7. The van der Waals surface area contributed by atoms with Crippen LogP contribution in [-0.4, -0.2) is 9.97 Å². The normalized spacial score (nSPS) is 11.4. The standard InChI is InChI=1S/C12H10F4N4/c13-8-3-1-7(2-4-8)6-18-10-5-9(17)19-11(20-10)12(14,15)16/h1-5H,6H2,(H3,17,18,19,20). The fraction of sp³-hybridized carbons (Fsp3) is 0.167. The summed E-state index contributed by atoms with van der Waals surface area (Å²) in [4.78, 5) is 6.46. The van der Waals surface area contributed by atoms with Crippen molar-refractivity contribution in [3.05, 3.63) is 47.5 Å². The number of nitrogens with one attached hydrogen (secondary N) is 1. The number of benzene rings is 1. The lowest BCUT2D eigenvalue weighted by Crippen LogP contribution is -2.14. The van der Waals surface area contributed by atoms with Gasteiger partial charge in [-0.25, -0.2) is 14.4 Å². The lowest BCUT2D eigenvalue weighted by atomic mass is 10.2. The highest BCUT2D eigenvalue weighted by molar-refractivity contribution is 5.45. The SMILES string of the molecule is Nc1cc(NCc2ccc(F)cc2)nc(C(F)(F)F)n1. The number of nitrogens with two attached hydrogens (primary N) is 1. The Hall–Kier alpha value is -2.38. The van der Waals surface area contributed by atoms with Gasteiger partial charge in [0.05, 0.1) is 0 Å². The first-order valence-electron chi connectivity index (χ1n) is 5.54. The Morgan fingerprint density at radius 2 is 1.75 bits per heavy atom. The first-order chi connectivity index (χ1) is 9.34. The summed E-state index contributed by atoms with van der Waals surface area (Å²) in [6.07, 6.45) is -4.66. The molecule has 0 unspecified atom stereocenters. The number of alkyl halides is 3. The minimum Gasteiger partial charge on any atom is -0.384 e. The molecule has 0 radical (unpaired) electrons. The Bertz CT molecular complexity index is 595. The summed E-state index contributed by atoms with van der Waals surface area (Å²) in [5.41, 5.74) is 6.00. The number of rotatable bonds is 3. The Labute approximate surface area is 111 Å². The number of aromatic nitrogens is 2. The average Bonchev–Trinajstić information content (AvgIpc) is 2.36. The molecular formula is C12H10F4N4. The van der Waals surface area contributed by atoms with Gasteiger partial charge < -0.3 is 11.1 Å². The van der Waals surface area contributed by atoms with Gasteiger partial charge in [-0.3, -0.25) is 0 Å². The van der Waals surface area contributed by atoms with Crippen LogP contribution < -0.4 is 11.1 Å². The molecular weight excluding hydrogens is 276 g/mol. The largest absolute Gasteiger partial charge is 0.451 e. The molecule has 1 aromatic heterocycles. The van der Waals surface area contributed by atoms with Crippen molar-refractivity contribution in [3.8, 4) is 0 Å². The molecule has 0 saturated heterocycles. The van der Waals surface area contributed by atoms with Gasteiger partial charge in [0, 0.05) is 12.6 Å². The van der Waals surface area contributed by atoms with Crippen LogP contribution in [0.2, 0.25) is 0 Å². The third-order valence-corrected chi connectivity index (χ3v) is 2.39. The highest BCUT2D eigenvalue weighted by Gasteiger charge is 2.35. The second-order valence-electron chi connectivity index (χ2n) is 3.98. The van der Waals surface area contributed by atoms with E-state index in [0.29, 0.717) is 5.56 Å². The van der Waals surface area contributed by atoms with Crippen LogP contribution in [0.5, 0.6) is 0 Å². The molecule has 20 heavy (non-hydrogen) atoms. The van der Waals surface area contributed by atoms with Gasteiger partial charge >= 0.3 is 6.18 Å². The molecule has 0 saturated carbocycles. The number of nitrogen functional groups attached to an aromatic ring is 1. The fourth-order valence-corrected chi connectivity index (χ4v) is 1.48. The van der Waals surface area contributed by atoms with Crippen LogP contribution in [0.25, 0.3) is 0 Å². The van der Waals surface area contributed by atoms with Gasteiger partial charge in [-0.1, -0.05) is 12.1 Å². The monoisotopic (exact) mass is 286 g/mol. The molecule has 8 heteroatoms. The van der Waals surface area contributed by atoms with Crippen LogP contribution in [0, 0.1) is 5.82 Å². The first-order valence-corrected chi connectivity index (χ1v) is 5.54. The molecule has 2 aromatic rings. The molecule has 0 aliphatic heterocycles. The minimum absolute atomic E-state index is 0.0471. The van der Waals surface area contributed by atoms with Crippen molar-refractivity contribution in [3.63, 3.8) is 0 Å². The Balaban J connectivity index is 2.13. The zero-order valence-electron chi connectivity index (χ0n) is 10.1. The average molecular weight is 286 g/mol. The fourth-order valence-electron chi connectivity index (χ4n) is 1.48. The van der Waals surface area contributed by atoms with Crippen molar-refractivity contribution in [2.45, 2.75) is 12.7 Å². The van der Waals surface area contributed by atoms with Crippen molar-refractivity contribution < 1.29 is 17.6 Å². The van der Waals surface area contributed by atoms with Crippen molar-refractivity contribution in [1.82, 2.24) is 9.97 Å². The van der Waals surface area contributed by atoms with Crippen molar-refractivity contribution >= 4 is 11.6 Å². The Kier molecular flexibility index (Phi) is 3.73. The maximum Gasteiger partial charge on any atom is 0.451 e. The molecule has 0 bridgehead atoms. The second-order valence-corrected chi connectivity index (χ2v) is 3.98. The highest BCUT2D eigenvalue weighted by Crippen LogP contribution is 2.27. The van der Waals surface area contributed by atoms with Crippen LogP contribution in [0.3, 0.4) is 0 Å². The molecule has 0 aliphatic carbocycles. The lowest BCUT2D eigenvalue weighted by Gasteiger charge is -2.10. The predicted molar refractivity (Wildman–Crippen MR) is 65.2 cm³/mol. The first kappa shape index (κ1) is 14.0. The maximum absolute atomic E-state index is 12.7. The van der Waals surface area contributed by atoms with Gasteiger partial charge in [0.15, 0.2) is 0 Å². The molecule has 3 N–H and O–H groups in total. The zero-order valence-corrected chi connectivity index (χ0v) is 10.1. The van der Waals surface area contributed by atoms with Gasteiger partial charge in [-0.2, -0.15) is 13.2 Å². The van der Waals surface area contributed by atoms with E-state index in [4.69, 9.17) is 5.73 Å². The van der Waals surface area contributed by atoms with E-state index >= 15 is 0 Å². The van der Waals surface area contributed by atoms with Gasteiger partial charge in [0.25, 0.3) is 0 Å². The van der Waals surface area contributed by atoms with E-state index < -0.39 is 12.0 Å². The minimum atomic E-state index is -4.66. The number of nitrogens with zero attached hydrogens (tertiary/aromatic N) is 2. The zero-order chi connectivity index (χ0) is 14.8. The highest BCUT2D eigenvalue weighted by atomic mass is 19.4. The Morgan fingerprint density at radius 1 is 1.10 bits per heavy atom. The quantitative estimate of drug-likeness (QED) is 0.852. The molecule has 0 aliphatic rings. The summed E-state index contributed by atoms with van der Waals surface area (Å²) in [7, 11) is 0. The summed E-state index contributed by atoms with van der Waals surface area (Å²) >= 11 is 0. The van der Waals surface area contributed by atoms with Crippen LogP contribution in [0.15, 0.2) is 30.3 Å². The van der Waals surface area contributed by atoms with E-state index in [1.807, 2.05) is 0 Å². The summed E-state index contributed by atoms with van der Waals surface area (Å²) in [5.74, 6) is -2.03. The number of hydrogen-bond acceptors (Lipinski definition) is 4. The molecule has 2 rings (SSSR count). The van der Waals surface area contributed by atoms with Crippen molar-refractivity contribution in [2.24, 2.45) is 0 Å². The molecule has 0 fully saturated rings. The van der Waals surface area contributed by atoms with E-state index in [9.17, 15) is 17.6 Å². The summed E-state index contributed by atoms with van der Waals surface area (Å²) < 4.78 is 50.2. The number of anilines is 2. The van der Waals surface area contributed by atoms with E-state index in [-0.39, 0.29) is 24.0 Å².